The minimum absolute atomic E-state index is 0.480. The molecule has 1 fully saturated rings. The fraction of sp³-hybridized carbons (Fsp3) is 0.571. The molecule has 0 spiro atoms. The summed E-state index contributed by atoms with van der Waals surface area (Å²) in [5, 5.41) is 3.62. The third kappa shape index (κ3) is 2.56. The van der Waals surface area contributed by atoms with Gasteiger partial charge in [0.15, 0.2) is 0 Å². The van der Waals surface area contributed by atoms with Gasteiger partial charge in [-0.2, -0.15) is 0 Å². The van der Waals surface area contributed by atoms with Crippen molar-refractivity contribution in [1.82, 2.24) is 0 Å². The quantitative estimate of drug-likeness (QED) is 0.824. The van der Waals surface area contributed by atoms with Crippen molar-refractivity contribution in [3.05, 3.63) is 28.8 Å². The molecule has 1 aliphatic rings. The summed E-state index contributed by atoms with van der Waals surface area (Å²) in [5.74, 6) is 0. The molecule has 0 aromatic heterocycles. The molecule has 2 heteroatoms. The molecule has 1 atom stereocenters. The summed E-state index contributed by atoms with van der Waals surface area (Å²) >= 11 is 0. The standard InChI is InChI=1S/C14H21NO/c1-10-7-11(2)14(12(3)8-10)15-13-5-4-6-16-9-13/h7-8,13,15H,4-6,9H2,1-3H3. The minimum atomic E-state index is 0.480. The van der Waals surface area contributed by atoms with Gasteiger partial charge in [-0.15, -0.1) is 0 Å². The first-order valence-electron chi connectivity index (χ1n) is 6.09. The predicted octanol–water partition coefficient (Wildman–Crippen LogP) is 3.20. The van der Waals surface area contributed by atoms with Crippen LogP contribution >= 0.6 is 0 Å². The fourth-order valence-corrected chi connectivity index (χ4v) is 2.47. The lowest BCUT2D eigenvalue weighted by Crippen LogP contribution is -2.30. The van der Waals surface area contributed by atoms with Crippen molar-refractivity contribution in [2.45, 2.75) is 39.7 Å². The van der Waals surface area contributed by atoms with E-state index in [4.69, 9.17) is 4.74 Å². The van der Waals surface area contributed by atoms with Gasteiger partial charge in [-0.3, -0.25) is 0 Å². The molecule has 1 heterocycles. The highest BCUT2D eigenvalue weighted by atomic mass is 16.5. The summed E-state index contributed by atoms with van der Waals surface area (Å²) in [4.78, 5) is 0. The number of benzene rings is 1. The Hall–Kier alpha value is -1.02. The van der Waals surface area contributed by atoms with Crippen LogP contribution in [0.15, 0.2) is 12.1 Å². The van der Waals surface area contributed by atoms with Crippen molar-refractivity contribution in [3.63, 3.8) is 0 Å². The Kier molecular flexibility index (Phi) is 3.49. The van der Waals surface area contributed by atoms with Gasteiger partial charge >= 0.3 is 0 Å². The molecule has 1 aromatic carbocycles. The van der Waals surface area contributed by atoms with Crippen molar-refractivity contribution in [2.75, 3.05) is 18.5 Å². The van der Waals surface area contributed by atoms with Gasteiger partial charge in [0.05, 0.1) is 6.61 Å². The molecule has 0 aliphatic carbocycles. The normalized spacial score (nSPS) is 20.8. The molecule has 2 rings (SSSR count). The van der Waals surface area contributed by atoms with Gasteiger partial charge in [0, 0.05) is 18.3 Å². The van der Waals surface area contributed by atoms with Gasteiger partial charge in [-0.1, -0.05) is 17.7 Å². The van der Waals surface area contributed by atoms with Crippen molar-refractivity contribution in [3.8, 4) is 0 Å². The molecule has 1 N–H and O–H groups in total. The molecule has 1 unspecified atom stereocenters. The van der Waals surface area contributed by atoms with E-state index in [2.05, 4.69) is 38.2 Å². The first-order chi connectivity index (χ1) is 7.66. The van der Waals surface area contributed by atoms with Crippen molar-refractivity contribution >= 4 is 5.69 Å². The Morgan fingerprint density at radius 1 is 1.19 bits per heavy atom. The van der Waals surface area contributed by atoms with Crippen LogP contribution in [0.3, 0.4) is 0 Å². The van der Waals surface area contributed by atoms with Crippen LogP contribution in [-0.2, 0) is 4.74 Å². The lowest BCUT2D eigenvalue weighted by molar-refractivity contribution is 0.0876. The van der Waals surface area contributed by atoms with Crippen LogP contribution in [-0.4, -0.2) is 19.3 Å². The number of hydrogen-bond acceptors (Lipinski definition) is 2. The van der Waals surface area contributed by atoms with E-state index < -0.39 is 0 Å². The SMILES string of the molecule is Cc1cc(C)c(NC2CCCOC2)c(C)c1. The zero-order valence-electron chi connectivity index (χ0n) is 10.5. The van der Waals surface area contributed by atoms with Crippen LogP contribution in [0.2, 0.25) is 0 Å². The summed E-state index contributed by atoms with van der Waals surface area (Å²) in [7, 11) is 0. The largest absolute Gasteiger partial charge is 0.380 e. The second kappa shape index (κ2) is 4.88. The van der Waals surface area contributed by atoms with Crippen LogP contribution in [0.5, 0.6) is 0 Å². The maximum Gasteiger partial charge on any atom is 0.0667 e. The summed E-state index contributed by atoms with van der Waals surface area (Å²) in [6.45, 7) is 8.25. The van der Waals surface area contributed by atoms with E-state index in [-0.39, 0.29) is 0 Å². The summed E-state index contributed by atoms with van der Waals surface area (Å²) in [6.07, 6.45) is 2.38. The Labute approximate surface area is 98.0 Å². The van der Waals surface area contributed by atoms with Gasteiger partial charge in [-0.25, -0.2) is 0 Å². The zero-order valence-corrected chi connectivity index (χ0v) is 10.5. The van der Waals surface area contributed by atoms with Crippen LogP contribution < -0.4 is 5.32 Å². The van der Waals surface area contributed by atoms with E-state index in [0.717, 1.165) is 13.2 Å². The number of nitrogens with one attached hydrogen (secondary N) is 1. The predicted molar refractivity (Wildman–Crippen MR) is 68.1 cm³/mol. The highest BCUT2D eigenvalue weighted by molar-refractivity contribution is 5.58. The first-order valence-corrected chi connectivity index (χ1v) is 6.09. The van der Waals surface area contributed by atoms with Crippen molar-refractivity contribution in [2.24, 2.45) is 0 Å². The first kappa shape index (κ1) is 11.5. The summed E-state index contributed by atoms with van der Waals surface area (Å²) < 4.78 is 5.50. The molecule has 16 heavy (non-hydrogen) atoms. The van der Waals surface area contributed by atoms with E-state index in [1.54, 1.807) is 0 Å². The fourth-order valence-electron chi connectivity index (χ4n) is 2.47. The molecular weight excluding hydrogens is 198 g/mol. The third-order valence-electron chi connectivity index (χ3n) is 3.19. The number of ether oxygens (including phenoxy) is 1. The van der Waals surface area contributed by atoms with Gasteiger partial charge in [0.1, 0.15) is 0 Å². The minimum Gasteiger partial charge on any atom is -0.380 e. The second-order valence-corrected chi connectivity index (χ2v) is 4.83. The second-order valence-electron chi connectivity index (χ2n) is 4.83. The number of rotatable bonds is 2. The van der Waals surface area contributed by atoms with Crippen molar-refractivity contribution < 1.29 is 4.74 Å². The van der Waals surface area contributed by atoms with Crippen LogP contribution in [0.25, 0.3) is 0 Å². The maximum absolute atomic E-state index is 5.50. The molecule has 88 valence electrons. The molecule has 2 nitrogen and oxygen atoms in total. The van der Waals surface area contributed by atoms with E-state index >= 15 is 0 Å². The average molecular weight is 219 g/mol. The summed E-state index contributed by atoms with van der Waals surface area (Å²) in [5.41, 5.74) is 5.30. The highest BCUT2D eigenvalue weighted by Crippen LogP contribution is 2.24. The molecule has 0 radical (unpaired) electrons. The van der Waals surface area contributed by atoms with Gasteiger partial charge in [0.2, 0.25) is 0 Å². The summed E-state index contributed by atoms with van der Waals surface area (Å²) in [6, 6.07) is 4.95. The van der Waals surface area contributed by atoms with E-state index in [1.807, 2.05) is 0 Å². The smallest absolute Gasteiger partial charge is 0.0667 e. The molecule has 1 aliphatic heterocycles. The van der Waals surface area contributed by atoms with Gasteiger partial charge in [-0.05, 0) is 44.7 Å². The topological polar surface area (TPSA) is 21.3 Å². The Bertz CT molecular complexity index is 344. The Morgan fingerprint density at radius 2 is 1.88 bits per heavy atom. The van der Waals surface area contributed by atoms with E-state index in [1.165, 1.54) is 35.2 Å². The zero-order chi connectivity index (χ0) is 11.5. The molecule has 0 bridgehead atoms. The lowest BCUT2D eigenvalue weighted by atomic mass is 10.0. The van der Waals surface area contributed by atoms with Crippen LogP contribution in [0.1, 0.15) is 29.5 Å². The van der Waals surface area contributed by atoms with Crippen molar-refractivity contribution in [1.29, 1.82) is 0 Å². The number of hydrogen-bond donors (Lipinski definition) is 1. The molecule has 0 amide bonds. The van der Waals surface area contributed by atoms with Gasteiger partial charge in [0.25, 0.3) is 0 Å². The van der Waals surface area contributed by atoms with E-state index in [0.29, 0.717) is 6.04 Å². The molecular formula is C14H21NO. The Morgan fingerprint density at radius 3 is 2.44 bits per heavy atom. The van der Waals surface area contributed by atoms with Gasteiger partial charge < -0.3 is 10.1 Å². The van der Waals surface area contributed by atoms with E-state index in [9.17, 15) is 0 Å². The molecule has 1 aromatic rings. The molecule has 1 saturated heterocycles. The average Bonchev–Trinajstić information content (AvgIpc) is 2.25. The third-order valence-corrected chi connectivity index (χ3v) is 3.19. The number of anilines is 1. The van der Waals surface area contributed by atoms with Crippen LogP contribution in [0.4, 0.5) is 5.69 Å². The monoisotopic (exact) mass is 219 g/mol. The Balaban J connectivity index is 2.14. The number of aryl methyl sites for hydroxylation is 3. The van der Waals surface area contributed by atoms with Crippen LogP contribution in [0, 0.1) is 20.8 Å². The highest BCUT2D eigenvalue weighted by Gasteiger charge is 2.15. The maximum atomic E-state index is 5.50. The lowest BCUT2D eigenvalue weighted by Gasteiger charge is -2.26. The molecule has 0 saturated carbocycles.